The number of sulfonamides is 1. The van der Waals surface area contributed by atoms with Gasteiger partial charge in [-0.2, -0.15) is 4.31 Å². The summed E-state index contributed by atoms with van der Waals surface area (Å²) in [6, 6.07) is 4.15. The first-order valence-corrected chi connectivity index (χ1v) is 8.10. The summed E-state index contributed by atoms with van der Waals surface area (Å²) < 4.78 is 45.4. The Kier molecular flexibility index (Phi) is 6.98. The lowest BCUT2D eigenvalue weighted by molar-refractivity contribution is -0.143. The van der Waals surface area contributed by atoms with Gasteiger partial charge >= 0.3 is 11.9 Å². The molecule has 0 aliphatic heterocycles. The van der Waals surface area contributed by atoms with Gasteiger partial charge in [-0.3, -0.25) is 9.59 Å². The summed E-state index contributed by atoms with van der Waals surface area (Å²) in [7, 11) is 0.628. The number of benzene rings is 1. The van der Waals surface area contributed by atoms with E-state index in [1.54, 1.807) is 0 Å². The van der Waals surface area contributed by atoms with Crippen LogP contribution in [0.4, 0.5) is 0 Å². The maximum atomic E-state index is 12.9. The summed E-state index contributed by atoms with van der Waals surface area (Å²) in [6.07, 6.45) is 0. The number of methoxy groups -OCH3 is 4. The van der Waals surface area contributed by atoms with Crippen LogP contribution in [-0.2, 0) is 29.1 Å². The van der Waals surface area contributed by atoms with E-state index < -0.39 is 35.1 Å². The summed E-state index contributed by atoms with van der Waals surface area (Å²) in [6.45, 7) is -1.32. The van der Waals surface area contributed by atoms with E-state index in [0.717, 1.165) is 14.2 Å². The largest absolute Gasteiger partial charge is 0.497 e. The minimum atomic E-state index is -4.26. The fourth-order valence-corrected chi connectivity index (χ4v) is 3.27. The molecule has 134 valence electrons. The van der Waals surface area contributed by atoms with Crippen LogP contribution in [0.3, 0.4) is 0 Å². The molecule has 9 nitrogen and oxygen atoms in total. The number of ether oxygens (including phenoxy) is 4. The van der Waals surface area contributed by atoms with Gasteiger partial charge in [-0.1, -0.05) is 0 Å². The van der Waals surface area contributed by atoms with Crippen molar-refractivity contribution < 1.29 is 37.0 Å². The Morgan fingerprint density at radius 2 is 1.50 bits per heavy atom. The normalized spacial score (nSPS) is 11.0. The molecule has 0 saturated carbocycles. The summed E-state index contributed by atoms with van der Waals surface area (Å²) in [5.41, 5.74) is 0. The Balaban J connectivity index is 3.38. The molecule has 0 fully saturated rings. The van der Waals surface area contributed by atoms with Crippen LogP contribution in [0.5, 0.6) is 11.5 Å². The Hall–Kier alpha value is -2.33. The Bertz CT molecular complexity index is 683. The second-order valence-corrected chi connectivity index (χ2v) is 6.35. The minimum absolute atomic E-state index is 0.0375. The maximum Gasteiger partial charge on any atom is 0.321 e. The van der Waals surface area contributed by atoms with E-state index in [1.165, 1.54) is 32.4 Å². The van der Waals surface area contributed by atoms with Crippen LogP contribution in [0.2, 0.25) is 0 Å². The predicted octanol–water partition coefficient (Wildman–Crippen LogP) is 0.0405. The Morgan fingerprint density at radius 3 is 1.92 bits per heavy atom. The standard InChI is InChI=1S/C14H19NO8S/c1-20-10-5-6-11(21-2)12(7-10)24(18,19)15(8-13(16)22-3)9-14(17)23-4/h5-7H,8-9H2,1-4H3. The third kappa shape index (κ3) is 4.59. The van der Waals surface area contributed by atoms with Crippen LogP contribution in [0.1, 0.15) is 0 Å². The SMILES string of the molecule is COC(=O)CN(CC(=O)OC)S(=O)(=O)c1cc(OC)ccc1OC. The lowest BCUT2D eigenvalue weighted by Crippen LogP contribution is -2.40. The monoisotopic (exact) mass is 361 g/mol. The van der Waals surface area contributed by atoms with Crippen LogP contribution in [0.15, 0.2) is 23.1 Å². The molecule has 0 atom stereocenters. The van der Waals surface area contributed by atoms with Gasteiger partial charge in [-0.05, 0) is 12.1 Å². The molecule has 10 heteroatoms. The van der Waals surface area contributed by atoms with E-state index >= 15 is 0 Å². The van der Waals surface area contributed by atoms with Crippen molar-refractivity contribution >= 4 is 22.0 Å². The van der Waals surface area contributed by atoms with Crippen LogP contribution in [-0.4, -0.2) is 66.2 Å². The van der Waals surface area contributed by atoms with Crippen molar-refractivity contribution in [1.29, 1.82) is 0 Å². The molecule has 0 aliphatic rings. The number of esters is 2. The third-order valence-electron chi connectivity index (χ3n) is 3.05. The fraction of sp³-hybridized carbons (Fsp3) is 0.429. The lowest BCUT2D eigenvalue weighted by Gasteiger charge is -2.21. The number of rotatable bonds is 8. The van der Waals surface area contributed by atoms with Crippen LogP contribution < -0.4 is 9.47 Å². The minimum Gasteiger partial charge on any atom is -0.497 e. The van der Waals surface area contributed by atoms with E-state index in [2.05, 4.69) is 9.47 Å². The van der Waals surface area contributed by atoms with Gasteiger partial charge in [-0.15, -0.1) is 0 Å². The third-order valence-corrected chi connectivity index (χ3v) is 4.87. The highest BCUT2D eigenvalue weighted by molar-refractivity contribution is 7.89. The topological polar surface area (TPSA) is 108 Å². The molecule has 0 amide bonds. The molecule has 0 aromatic heterocycles. The van der Waals surface area contributed by atoms with E-state index in [4.69, 9.17) is 9.47 Å². The Labute approximate surface area is 140 Å². The molecule has 0 radical (unpaired) electrons. The molecule has 1 aromatic carbocycles. The first-order chi connectivity index (χ1) is 11.3. The number of hydrogen-bond acceptors (Lipinski definition) is 8. The zero-order chi connectivity index (χ0) is 18.3. The van der Waals surface area contributed by atoms with Crippen LogP contribution in [0.25, 0.3) is 0 Å². The van der Waals surface area contributed by atoms with Gasteiger partial charge in [0.05, 0.1) is 28.4 Å². The van der Waals surface area contributed by atoms with E-state index in [-0.39, 0.29) is 16.4 Å². The maximum absolute atomic E-state index is 12.9. The number of carbonyl (C=O) groups excluding carboxylic acids is 2. The highest BCUT2D eigenvalue weighted by Crippen LogP contribution is 2.30. The second-order valence-electron chi connectivity index (χ2n) is 4.44. The van der Waals surface area contributed by atoms with Gasteiger partial charge in [0.15, 0.2) is 0 Å². The molecular weight excluding hydrogens is 342 g/mol. The average molecular weight is 361 g/mol. The van der Waals surface area contributed by atoms with E-state index in [9.17, 15) is 18.0 Å². The molecule has 0 aliphatic carbocycles. The zero-order valence-corrected chi connectivity index (χ0v) is 14.6. The molecule has 0 spiro atoms. The smallest absolute Gasteiger partial charge is 0.321 e. The number of hydrogen-bond donors (Lipinski definition) is 0. The van der Waals surface area contributed by atoms with Gasteiger partial charge < -0.3 is 18.9 Å². The van der Waals surface area contributed by atoms with Crippen molar-refractivity contribution in [3.63, 3.8) is 0 Å². The van der Waals surface area contributed by atoms with Gasteiger partial charge in [0.25, 0.3) is 0 Å². The van der Waals surface area contributed by atoms with Crippen LogP contribution >= 0.6 is 0 Å². The molecule has 0 N–H and O–H groups in total. The predicted molar refractivity (Wildman–Crippen MR) is 82.3 cm³/mol. The fourth-order valence-electron chi connectivity index (χ4n) is 1.77. The van der Waals surface area contributed by atoms with Gasteiger partial charge in [0.2, 0.25) is 10.0 Å². The van der Waals surface area contributed by atoms with Crippen molar-refractivity contribution in [1.82, 2.24) is 4.31 Å². The summed E-state index contributed by atoms with van der Waals surface area (Å²) in [4.78, 5) is 22.8. The summed E-state index contributed by atoms with van der Waals surface area (Å²) >= 11 is 0. The molecular formula is C14H19NO8S. The van der Waals surface area contributed by atoms with Gasteiger partial charge in [0.1, 0.15) is 29.5 Å². The van der Waals surface area contributed by atoms with Gasteiger partial charge in [-0.25, -0.2) is 8.42 Å². The van der Waals surface area contributed by atoms with E-state index in [1.807, 2.05) is 0 Å². The lowest BCUT2D eigenvalue weighted by atomic mass is 10.3. The molecule has 1 rings (SSSR count). The summed E-state index contributed by atoms with van der Waals surface area (Å²) in [5.74, 6) is -1.35. The van der Waals surface area contributed by atoms with Crippen molar-refractivity contribution in [3.05, 3.63) is 18.2 Å². The first kappa shape index (κ1) is 19.7. The van der Waals surface area contributed by atoms with Crippen LogP contribution in [0, 0.1) is 0 Å². The highest BCUT2D eigenvalue weighted by atomic mass is 32.2. The van der Waals surface area contributed by atoms with Gasteiger partial charge in [0, 0.05) is 6.07 Å². The van der Waals surface area contributed by atoms with Crippen molar-refractivity contribution in [2.24, 2.45) is 0 Å². The number of carbonyl (C=O) groups is 2. The Morgan fingerprint density at radius 1 is 0.958 bits per heavy atom. The quantitative estimate of drug-likeness (QED) is 0.597. The van der Waals surface area contributed by atoms with Crippen molar-refractivity contribution in [2.75, 3.05) is 41.5 Å². The molecule has 1 aromatic rings. The molecule has 0 saturated heterocycles. The first-order valence-electron chi connectivity index (χ1n) is 6.66. The molecule has 0 heterocycles. The number of nitrogens with zero attached hydrogens (tertiary/aromatic N) is 1. The van der Waals surface area contributed by atoms with Crippen molar-refractivity contribution in [3.8, 4) is 11.5 Å². The molecule has 24 heavy (non-hydrogen) atoms. The molecule has 0 bridgehead atoms. The second kappa shape index (κ2) is 8.50. The van der Waals surface area contributed by atoms with Crippen molar-refractivity contribution in [2.45, 2.75) is 4.90 Å². The molecule has 0 unspecified atom stereocenters. The summed E-state index contributed by atoms with van der Waals surface area (Å²) in [5, 5.41) is 0. The van der Waals surface area contributed by atoms with E-state index in [0.29, 0.717) is 4.31 Å². The average Bonchev–Trinajstić information content (AvgIpc) is 2.59. The highest BCUT2D eigenvalue weighted by Gasteiger charge is 2.32. The zero-order valence-electron chi connectivity index (χ0n) is 13.8.